The highest BCUT2D eigenvalue weighted by molar-refractivity contribution is 5.28. The third kappa shape index (κ3) is 3.80. The van der Waals surface area contributed by atoms with Crippen LogP contribution in [0.1, 0.15) is 24.1 Å². The fraction of sp³-hybridized carbons (Fsp3) is 0.312. The summed E-state index contributed by atoms with van der Waals surface area (Å²) in [5.41, 5.74) is 8.17. The van der Waals surface area contributed by atoms with E-state index in [9.17, 15) is 0 Å². The van der Waals surface area contributed by atoms with Crippen molar-refractivity contribution in [2.75, 3.05) is 13.2 Å². The van der Waals surface area contributed by atoms with Gasteiger partial charge in [0, 0.05) is 24.4 Å². The highest BCUT2D eigenvalue weighted by Crippen LogP contribution is 2.20. The van der Waals surface area contributed by atoms with Gasteiger partial charge < -0.3 is 10.5 Å². The molecule has 2 rings (SSSR count). The van der Waals surface area contributed by atoms with Gasteiger partial charge in [0.1, 0.15) is 5.75 Å². The molecule has 1 atom stereocenters. The predicted molar refractivity (Wildman–Crippen MR) is 77.3 cm³/mol. The number of hydrogen-bond donors (Lipinski definition) is 1. The second kappa shape index (κ2) is 6.90. The number of hydrogen-bond acceptors (Lipinski definition) is 3. The van der Waals surface area contributed by atoms with E-state index in [4.69, 9.17) is 10.5 Å². The van der Waals surface area contributed by atoms with Gasteiger partial charge in [0.2, 0.25) is 0 Å². The molecule has 0 aliphatic heterocycles. The highest BCUT2D eigenvalue weighted by Gasteiger charge is 2.11. The number of aromatic nitrogens is 1. The molecule has 3 nitrogen and oxygen atoms in total. The van der Waals surface area contributed by atoms with Crippen LogP contribution in [0.2, 0.25) is 0 Å². The van der Waals surface area contributed by atoms with Crippen LogP contribution in [0.15, 0.2) is 48.7 Å². The Hall–Kier alpha value is -1.87. The van der Waals surface area contributed by atoms with Gasteiger partial charge in [0.05, 0.1) is 6.61 Å². The number of ether oxygens (including phenoxy) is 1. The van der Waals surface area contributed by atoms with Crippen molar-refractivity contribution in [1.29, 1.82) is 0 Å². The SMILES string of the molecule is CCOc1ccc(CC(CN)c2ccccn2)cc1. The molecule has 0 aliphatic rings. The van der Waals surface area contributed by atoms with Crippen LogP contribution < -0.4 is 10.5 Å². The van der Waals surface area contributed by atoms with Crippen molar-refractivity contribution in [3.8, 4) is 5.75 Å². The molecular weight excluding hydrogens is 236 g/mol. The summed E-state index contributed by atoms with van der Waals surface area (Å²) in [4.78, 5) is 4.39. The summed E-state index contributed by atoms with van der Waals surface area (Å²) in [6.07, 6.45) is 2.72. The quantitative estimate of drug-likeness (QED) is 0.864. The number of nitrogens with two attached hydrogens (primary N) is 1. The number of rotatable bonds is 6. The molecule has 3 heteroatoms. The summed E-state index contributed by atoms with van der Waals surface area (Å²) in [5.74, 6) is 1.17. The molecule has 0 aliphatic carbocycles. The van der Waals surface area contributed by atoms with Crippen molar-refractivity contribution >= 4 is 0 Å². The molecule has 0 fully saturated rings. The zero-order valence-corrected chi connectivity index (χ0v) is 11.3. The standard InChI is InChI=1S/C16H20N2O/c1-2-19-15-8-6-13(7-9-15)11-14(12-17)16-5-3-4-10-18-16/h3-10,14H,2,11-12,17H2,1H3. The molecule has 0 spiro atoms. The van der Waals surface area contributed by atoms with Gasteiger partial charge in [0.15, 0.2) is 0 Å². The average molecular weight is 256 g/mol. The molecule has 100 valence electrons. The zero-order valence-electron chi connectivity index (χ0n) is 11.3. The first-order valence-electron chi connectivity index (χ1n) is 6.66. The second-order valence-electron chi connectivity index (χ2n) is 4.47. The maximum Gasteiger partial charge on any atom is 0.119 e. The third-order valence-electron chi connectivity index (χ3n) is 3.11. The van der Waals surface area contributed by atoms with E-state index < -0.39 is 0 Å². The second-order valence-corrected chi connectivity index (χ2v) is 4.47. The Morgan fingerprint density at radius 1 is 1.16 bits per heavy atom. The first-order chi connectivity index (χ1) is 9.33. The average Bonchev–Trinajstić information content (AvgIpc) is 2.48. The normalized spacial score (nSPS) is 12.1. The van der Waals surface area contributed by atoms with Crippen LogP contribution >= 0.6 is 0 Å². The van der Waals surface area contributed by atoms with Crippen LogP contribution in [0.4, 0.5) is 0 Å². The first-order valence-corrected chi connectivity index (χ1v) is 6.66. The molecule has 2 aromatic rings. The maximum atomic E-state index is 5.87. The minimum atomic E-state index is 0.263. The third-order valence-corrected chi connectivity index (χ3v) is 3.11. The molecule has 0 bridgehead atoms. The van der Waals surface area contributed by atoms with E-state index >= 15 is 0 Å². The van der Waals surface area contributed by atoms with Crippen molar-refractivity contribution in [1.82, 2.24) is 4.98 Å². The maximum absolute atomic E-state index is 5.87. The minimum absolute atomic E-state index is 0.263. The Bertz CT molecular complexity index is 482. The van der Waals surface area contributed by atoms with Gasteiger partial charge in [-0.25, -0.2) is 0 Å². The van der Waals surface area contributed by atoms with E-state index in [2.05, 4.69) is 17.1 Å². The molecule has 1 aromatic carbocycles. The van der Waals surface area contributed by atoms with E-state index in [-0.39, 0.29) is 5.92 Å². The highest BCUT2D eigenvalue weighted by atomic mass is 16.5. The topological polar surface area (TPSA) is 48.1 Å². The Labute approximate surface area is 114 Å². The Morgan fingerprint density at radius 3 is 2.53 bits per heavy atom. The number of nitrogens with zero attached hydrogens (tertiary/aromatic N) is 1. The summed E-state index contributed by atoms with van der Waals surface area (Å²) in [6.45, 7) is 3.28. The van der Waals surface area contributed by atoms with E-state index in [1.807, 2.05) is 43.5 Å². The molecule has 1 heterocycles. The van der Waals surface area contributed by atoms with E-state index in [0.717, 1.165) is 17.9 Å². The molecule has 19 heavy (non-hydrogen) atoms. The van der Waals surface area contributed by atoms with Crippen molar-refractivity contribution < 1.29 is 4.74 Å². The van der Waals surface area contributed by atoms with E-state index in [1.165, 1.54) is 5.56 Å². The molecule has 0 amide bonds. The van der Waals surface area contributed by atoms with Gasteiger partial charge in [0.25, 0.3) is 0 Å². The van der Waals surface area contributed by atoms with Crippen molar-refractivity contribution in [3.05, 3.63) is 59.9 Å². The smallest absolute Gasteiger partial charge is 0.119 e. The van der Waals surface area contributed by atoms with Gasteiger partial charge in [-0.1, -0.05) is 18.2 Å². The molecule has 2 N–H and O–H groups in total. The minimum Gasteiger partial charge on any atom is -0.494 e. The molecule has 1 aromatic heterocycles. The Kier molecular flexibility index (Phi) is 4.93. The van der Waals surface area contributed by atoms with Crippen LogP contribution in [0.3, 0.4) is 0 Å². The van der Waals surface area contributed by atoms with Crippen LogP contribution in [0.5, 0.6) is 5.75 Å². The van der Waals surface area contributed by atoms with E-state index in [1.54, 1.807) is 0 Å². The van der Waals surface area contributed by atoms with Crippen molar-refractivity contribution in [2.45, 2.75) is 19.3 Å². The van der Waals surface area contributed by atoms with Crippen LogP contribution in [0, 0.1) is 0 Å². The predicted octanol–water partition coefficient (Wildman–Crippen LogP) is 2.77. The van der Waals surface area contributed by atoms with Gasteiger partial charge in [-0.05, 0) is 43.2 Å². The number of benzene rings is 1. The van der Waals surface area contributed by atoms with Crippen LogP contribution in [-0.4, -0.2) is 18.1 Å². The monoisotopic (exact) mass is 256 g/mol. The van der Waals surface area contributed by atoms with Gasteiger partial charge in [-0.3, -0.25) is 4.98 Å². The molecule has 1 unspecified atom stereocenters. The summed E-state index contributed by atoms with van der Waals surface area (Å²) >= 11 is 0. The first kappa shape index (κ1) is 13.6. The zero-order chi connectivity index (χ0) is 13.5. The van der Waals surface area contributed by atoms with Crippen molar-refractivity contribution in [3.63, 3.8) is 0 Å². The Balaban J connectivity index is 2.06. The van der Waals surface area contributed by atoms with Gasteiger partial charge in [-0.2, -0.15) is 0 Å². The lowest BCUT2D eigenvalue weighted by molar-refractivity contribution is 0.340. The fourth-order valence-electron chi connectivity index (χ4n) is 2.10. The van der Waals surface area contributed by atoms with E-state index in [0.29, 0.717) is 13.2 Å². The summed E-state index contributed by atoms with van der Waals surface area (Å²) in [5, 5.41) is 0. The largest absolute Gasteiger partial charge is 0.494 e. The lowest BCUT2D eigenvalue weighted by Crippen LogP contribution is -2.16. The Morgan fingerprint density at radius 2 is 1.95 bits per heavy atom. The summed E-state index contributed by atoms with van der Waals surface area (Å²) < 4.78 is 5.44. The molecule has 0 saturated heterocycles. The molecule has 0 saturated carbocycles. The lowest BCUT2D eigenvalue weighted by Gasteiger charge is -2.14. The molecular formula is C16H20N2O. The lowest BCUT2D eigenvalue weighted by atomic mass is 9.96. The summed E-state index contributed by atoms with van der Waals surface area (Å²) in [6, 6.07) is 14.2. The van der Waals surface area contributed by atoms with Gasteiger partial charge in [-0.15, -0.1) is 0 Å². The van der Waals surface area contributed by atoms with Gasteiger partial charge >= 0.3 is 0 Å². The molecule has 0 radical (unpaired) electrons. The summed E-state index contributed by atoms with van der Waals surface area (Å²) in [7, 11) is 0. The van der Waals surface area contributed by atoms with Crippen LogP contribution in [0.25, 0.3) is 0 Å². The fourth-order valence-corrected chi connectivity index (χ4v) is 2.10. The number of pyridine rings is 1. The van der Waals surface area contributed by atoms with Crippen LogP contribution in [-0.2, 0) is 6.42 Å². The van der Waals surface area contributed by atoms with Crippen molar-refractivity contribution in [2.24, 2.45) is 5.73 Å².